The quantitative estimate of drug-likeness (QED) is 0.189. The molecule has 4 aromatic heterocycles. The van der Waals surface area contributed by atoms with Crippen molar-refractivity contribution >= 4 is 113 Å². The van der Waals surface area contributed by atoms with E-state index in [1.807, 2.05) is 11.3 Å². The molecule has 4 heteroatoms. The maximum absolute atomic E-state index is 5.13. The van der Waals surface area contributed by atoms with Crippen LogP contribution >= 0.6 is 22.7 Å². The van der Waals surface area contributed by atoms with Crippen molar-refractivity contribution in [1.82, 2.24) is 9.38 Å². The first-order valence-corrected chi connectivity index (χ1v) is 16.2. The van der Waals surface area contributed by atoms with Gasteiger partial charge in [0.25, 0.3) is 0 Å². The van der Waals surface area contributed by atoms with Crippen molar-refractivity contribution in [3.05, 3.63) is 121 Å². The van der Waals surface area contributed by atoms with E-state index in [-0.39, 0.29) is 0 Å². The molecule has 0 saturated heterocycles. The summed E-state index contributed by atoms with van der Waals surface area (Å²) in [5.74, 6) is 0. The molecule has 0 atom stereocenters. The minimum atomic E-state index is 1.06. The van der Waals surface area contributed by atoms with Crippen LogP contribution < -0.4 is 0 Å². The van der Waals surface area contributed by atoms with Crippen LogP contribution in [0.2, 0.25) is 0 Å². The van der Waals surface area contributed by atoms with E-state index in [0.29, 0.717) is 0 Å². The van der Waals surface area contributed by atoms with Crippen LogP contribution in [-0.4, -0.2) is 9.38 Å². The van der Waals surface area contributed by atoms with Crippen LogP contribution in [0.15, 0.2) is 121 Å². The van der Waals surface area contributed by atoms with E-state index in [1.54, 1.807) is 11.3 Å². The summed E-state index contributed by atoms with van der Waals surface area (Å²) < 4.78 is 6.48. The topological polar surface area (TPSA) is 17.3 Å². The van der Waals surface area contributed by atoms with Gasteiger partial charge in [-0.1, -0.05) is 78.9 Å². The first-order valence-electron chi connectivity index (χ1n) is 14.6. The first-order chi connectivity index (χ1) is 21.3. The Bertz CT molecular complexity index is 2920. The maximum Gasteiger partial charge on any atom is 0.124 e. The number of para-hydroxylation sites is 2. The Morgan fingerprint density at radius 2 is 1.14 bits per heavy atom. The van der Waals surface area contributed by atoms with Gasteiger partial charge in [-0.05, 0) is 58.6 Å². The Morgan fingerprint density at radius 3 is 2.00 bits per heavy atom. The Labute approximate surface area is 253 Å². The van der Waals surface area contributed by atoms with E-state index in [1.165, 1.54) is 90.1 Å². The van der Waals surface area contributed by atoms with Crippen LogP contribution in [0.1, 0.15) is 0 Å². The van der Waals surface area contributed by atoms with Crippen molar-refractivity contribution in [2.24, 2.45) is 0 Å². The number of fused-ring (bicyclic) bond motifs is 10. The number of benzene rings is 7. The van der Waals surface area contributed by atoms with E-state index in [4.69, 9.17) is 4.98 Å². The molecule has 0 fully saturated rings. The standard InChI is InChI=1S/C39H20N2S2/c1-3-11-24-21(9-1)19-32-35-34(24)28-18-23(39-40-29-14-6-8-16-31(29)43-39)17-27-26-13-5-7-15-30(26)41(37(27)28)38-25-12-4-2-10-22(25)20-33(42-32)36(35)38/h1-20H. The summed E-state index contributed by atoms with van der Waals surface area (Å²) in [6.07, 6.45) is 0. The summed E-state index contributed by atoms with van der Waals surface area (Å²) in [6.45, 7) is 0. The second-order valence-electron chi connectivity index (χ2n) is 11.5. The van der Waals surface area contributed by atoms with E-state index < -0.39 is 0 Å². The van der Waals surface area contributed by atoms with Gasteiger partial charge in [0.2, 0.25) is 0 Å². The predicted octanol–water partition coefficient (Wildman–Crippen LogP) is 11.8. The zero-order valence-corrected chi connectivity index (χ0v) is 24.4. The zero-order valence-electron chi connectivity index (χ0n) is 22.8. The summed E-state index contributed by atoms with van der Waals surface area (Å²) in [4.78, 5) is 5.13. The molecule has 0 aliphatic rings. The monoisotopic (exact) mass is 580 g/mol. The lowest BCUT2D eigenvalue weighted by Gasteiger charge is -2.07. The van der Waals surface area contributed by atoms with Crippen LogP contribution in [0.5, 0.6) is 0 Å². The number of rotatable bonds is 1. The minimum Gasteiger partial charge on any atom is -0.307 e. The molecule has 0 spiro atoms. The third-order valence-corrected chi connectivity index (χ3v) is 11.4. The second kappa shape index (κ2) is 7.87. The van der Waals surface area contributed by atoms with Crippen molar-refractivity contribution in [2.75, 3.05) is 0 Å². The predicted molar refractivity (Wildman–Crippen MR) is 188 cm³/mol. The number of aromatic nitrogens is 2. The molecule has 0 bridgehead atoms. The van der Waals surface area contributed by atoms with Crippen molar-refractivity contribution < 1.29 is 0 Å². The number of thiophene rings is 1. The molecule has 0 saturated carbocycles. The Hall–Kier alpha value is -5.03. The summed E-state index contributed by atoms with van der Waals surface area (Å²) >= 11 is 3.70. The second-order valence-corrected chi connectivity index (χ2v) is 13.6. The van der Waals surface area contributed by atoms with Gasteiger partial charge in [-0.15, -0.1) is 22.7 Å². The van der Waals surface area contributed by atoms with Crippen molar-refractivity contribution in [1.29, 1.82) is 0 Å². The van der Waals surface area contributed by atoms with Crippen molar-refractivity contribution in [3.63, 3.8) is 0 Å². The van der Waals surface area contributed by atoms with Gasteiger partial charge in [0.05, 0.1) is 26.8 Å². The molecule has 2 nitrogen and oxygen atoms in total. The van der Waals surface area contributed by atoms with Gasteiger partial charge in [0, 0.05) is 52.7 Å². The highest BCUT2D eigenvalue weighted by atomic mass is 32.1. The minimum absolute atomic E-state index is 1.06. The number of thiazole rings is 1. The van der Waals surface area contributed by atoms with E-state index in [2.05, 4.69) is 126 Å². The molecule has 43 heavy (non-hydrogen) atoms. The smallest absolute Gasteiger partial charge is 0.124 e. The van der Waals surface area contributed by atoms with Crippen LogP contribution in [-0.2, 0) is 0 Å². The highest BCUT2D eigenvalue weighted by Crippen LogP contribution is 2.50. The third kappa shape index (κ3) is 2.80. The van der Waals surface area contributed by atoms with Crippen molar-refractivity contribution in [2.45, 2.75) is 0 Å². The van der Waals surface area contributed by atoms with Crippen LogP contribution in [0.3, 0.4) is 0 Å². The normalized spacial score (nSPS) is 12.7. The number of hydrogen-bond donors (Lipinski definition) is 0. The van der Waals surface area contributed by atoms with Gasteiger partial charge < -0.3 is 4.40 Å². The fourth-order valence-corrected chi connectivity index (χ4v) is 9.71. The molecular formula is C39H20N2S2. The average Bonchev–Trinajstić information content (AvgIpc) is 3.71. The maximum atomic E-state index is 5.13. The van der Waals surface area contributed by atoms with E-state index >= 15 is 0 Å². The molecule has 7 aromatic carbocycles. The Morgan fingerprint density at radius 1 is 0.465 bits per heavy atom. The van der Waals surface area contributed by atoms with Gasteiger partial charge in [-0.2, -0.15) is 0 Å². The van der Waals surface area contributed by atoms with Gasteiger partial charge in [-0.25, -0.2) is 4.98 Å². The Balaban J connectivity index is 1.53. The first kappa shape index (κ1) is 22.6. The summed E-state index contributed by atoms with van der Waals surface area (Å²) in [7, 11) is 0. The molecule has 0 N–H and O–H groups in total. The lowest BCUT2D eigenvalue weighted by molar-refractivity contribution is 1.37. The zero-order chi connectivity index (χ0) is 27.8. The average molecular weight is 581 g/mol. The third-order valence-electron chi connectivity index (χ3n) is 9.27. The van der Waals surface area contributed by atoms with Crippen molar-refractivity contribution in [3.8, 4) is 10.6 Å². The molecule has 4 heterocycles. The summed E-state index contributed by atoms with van der Waals surface area (Å²) in [6, 6.07) is 44.8. The summed E-state index contributed by atoms with van der Waals surface area (Å²) in [5, 5.41) is 14.1. The van der Waals surface area contributed by atoms with Crippen LogP contribution in [0, 0.1) is 0 Å². The molecule has 11 rings (SSSR count). The highest BCUT2D eigenvalue weighted by Gasteiger charge is 2.23. The molecule has 0 unspecified atom stereocenters. The molecule has 11 aromatic rings. The van der Waals surface area contributed by atoms with E-state index in [9.17, 15) is 0 Å². The Kier molecular flexibility index (Phi) is 4.13. The van der Waals surface area contributed by atoms with Gasteiger partial charge in [0.1, 0.15) is 5.01 Å². The molecule has 0 aliphatic carbocycles. The molecule has 0 aliphatic heterocycles. The summed E-state index contributed by atoms with van der Waals surface area (Å²) in [5.41, 5.74) is 6.06. The molecule has 0 radical (unpaired) electrons. The lowest BCUT2D eigenvalue weighted by Crippen LogP contribution is -1.87. The van der Waals surface area contributed by atoms with E-state index in [0.717, 1.165) is 10.5 Å². The van der Waals surface area contributed by atoms with Crippen LogP contribution in [0.25, 0.3) is 101 Å². The lowest BCUT2D eigenvalue weighted by atomic mass is 9.96. The van der Waals surface area contributed by atoms with Crippen LogP contribution in [0.4, 0.5) is 0 Å². The number of hydrogen-bond acceptors (Lipinski definition) is 3. The molecule has 0 amide bonds. The molecular weight excluding hydrogens is 561 g/mol. The van der Waals surface area contributed by atoms with Gasteiger partial charge in [-0.3, -0.25) is 0 Å². The highest BCUT2D eigenvalue weighted by molar-refractivity contribution is 7.26. The SMILES string of the molecule is c1ccc2c(c1)cc1sc3cc4ccccc4c4c3c1c2c1cc(-c2nc3ccccc3s2)cc2c3ccccc3n4c21. The largest absolute Gasteiger partial charge is 0.307 e. The molecule has 198 valence electrons. The fourth-order valence-electron chi connectivity index (χ4n) is 7.55. The van der Waals surface area contributed by atoms with Gasteiger partial charge >= 0.3 is 0 Å². The fraction of sp³-hybridized carbons (Fsp3) is 0. The van der Waals surface area contributed by atoms with Gasteiger partial charge in [0.15, 0.2) is 0 Å². The number of nitrogens with zero attached hydrogens (tertiary/aromatic N) is 2.